The maximum atomic E-state index is 9.85. The zero-order chi connectivity index (χ0) is 11.4. The molecule has 16 heavy (non-hydrogen) atoms. The van der Waals surface area contributed by atoms with Crippen molar-refractivity contribution in [3.05, 3.63) is 46.7 Å². The fraction of sp³-hybridized carbons (Fsp3) is 0.167. The summed E-state index contributed by atoms with van der Waals surface area (Å²) in [6.45, 7) is 0.486. The van der Waals surface area contributed by atoms with Crippen LogP contribution in [0.5, 0.6) is 0 Å². The van der Waals surface area contributed by atoms with Gasteiger partial charge in [-0.05, 0) is 40.6 Å². The number of hydrogen-bond acceptors (Lipinski definition) is 4. The van der Waals surface area contributed by atoms with E-state index in [0.717, 1.165) is 16.9 Å². The Hall–Kier alpha value is -1.52. The first kappa shape index (κ1) is 11.0. The normalized spacial score (nSPS) is 12.3. The lowest BCUT2D eigenvalue weighted by Gasteiger charge is -2.11. The van der Waals surface area contributed by atoms with Crippen LogP contribution >= 0.6 is 11.3 Å². The van der Waals surface area contributed by atoms with Gasteiger partial charge in [0.05, 0.1) is 6.10 Å². The van der Waals surface area contributed by atoms with Crippen LogP contribution < -0.4 is 11.1 Å². The summed E-state index contributed by atoms with van der Waals surface area (Å²) in [6.07, 6.45) is -0.479. The van der Waals surface area contributed by atoms with Crippen molar-refractivity contribution in [2.45, 2.75) is 6.10 Å². The first-order valence-electron chi connectivity index (χ1n) is 5.05. The number of aliphatic hydroxyl groups excluding tert-OH is 1. The third-order valence-corrected chi connectivity index (χ3v) is 3.02. The van der Waals surface area contributed by atoms with Crippen LogP contribution in [-0.4, -0.2) is 11.7 Å². The van der Waals surface area contributed by atoms with Gasteiger partial charge >= 0.3 is 0 Å². The van der Waals surface area contributed by atoms with Crippen LogP contribution in [0.4, 0.5) is 11.4 Å². The van der Waals surface area contributed by atoms with Crippen molar-refractivity contribution in [2.24, 2.45) is 0 Å². The number of anilines is 2. The number of nitrogen functional groups attached to an aromatic ring is 1. The molecule has 0 saturated carbocycles. The fourth-order valence-electron chi connectivity index (χ4n) is 1.45. The summed E-state index contributed by atoms with van der Waals surface area (Å²) in [6, 6.07) is 9.42. The van der Waals surface area contributed by atoms with Gasteiger partial charge < -0.3 is 16.2 Å². The monoisotopic (exact) mass is 234 g/mol. The average Bonchev–Trinajstić information content (AvgIpc) is 2.79. The molecule has 0 amide bonds. The van der Waals surface area contributed by atoms with Crippen LogP contribution in [0, 0.1) is 0 Å². The number of aliphatic hydroxyl groups is 1. The molecular weight excluding hydrogens is 220 g/mol. The van der Waals surface area contributed by atoms with E-state index < -0.39 is 6.10 Å². The summed E-state index contributed by atoms with van der Waals surface area (Å²) >= 11 is 1.58. The van der Waals surface area contributed by atoms with Gasteiger partial charge in [0.25, 0.3) is 0 Å². The first-order chi connectivity index (χ1) is 7.75. The molecule has 1 atom stereocenters. The van der Waals surface area contributed by atoms with E-state index in [1.807, 2.05) is 41.1 Å². The number of hydrogen-bond donors (Lipinski definition) is 3. The van der Waals surface area contributed by atoms with E-state index >= 15 is 0 Å². The molecule has 2 rings (SSSR count). The van der Waals surface area contributed by atoms with Crippen molar-refractivity contribution in [1.82, 2.24) is 0 Å². The molecule has 0 bridgehead atoms. The quantitative estimate of drug-likeness (QED) is 0.712. The molecule has 4 heteroatoms. The predicted molar refractivity (Wildman–Crippen MR) is 68.6 cm³/mol. The lowest BCUT2D eigenvalue weighted by molar-refractivity contribution is 0.192. The summed E-state index contributed by atoms with van der Waals surface area (Å²) in [4.78, 5) is 0. The SMILES string of the molecule is Nc1cccc(NCC(O)c2ccsc2)c1. The van der Waals surface area contributed by atoms with Gasteiger partial charge in [-0.25, -0.2) is 0 Å². The van der Waals surface area contributed by atoms with Gasteiger partial charge in [-0.2, -0.15) is 11.3 Å². The molecule has 0 spiro atoms. The predicted octanol–water partition coefficient (Wildman–Crippen LogP) is 2.48. The van der Waals surface area contributed by atoms with Crippen molar-refractivity contribution in [3.63, 3.8) is 0 Å². The van der Waals surface area contributed by atoms with Crippen molar-refractivity contribution < 1.29 is 5.11 Å². The standard InChI is InChI=1S/C12H14N2OS/c13-10-2-1-3-11(6-10)14-7-12(15)9-4-5-16-8-9/h1-6,8,12,14-15H,7,13H2. The Kier molecular flexibility index (Phi) is 3.44. The van der Waals surface area contributed by atoms with Crippen LogP contribution in [-0.2, 0) is 0 Å². The van der Waals surface area contributed by atoms with Gasteiger partial charge in [0.1, 0.15) is 0 Å². The molecular formula is C12H14N2OS. The Balaban J connectivity index is 1.92. The molecule has 3 nitrogen and oxygen atoms in total. The molecule has 0 aliphatic heterocycles. The van der Waals surface area contributed by atoms with Crippen molar-refractivity contribution in [2.75, 3.05) is 17.6 Å². The maximum absolute atomic E-state index is 9.85. The Morgan fingerprint density at radius 2 is 2.25 bits per heavy atom. The first-order valence-corrected chi connectivity index (χ1v) is 5.99. The molecule has 1 aromatic heterocycles. The molecule has 1 heterocycles. The van der Waals surface area contributed by atoms with E-state index in [0.29, 0.717) is 6.54 Å². The van der Waals surface area contributed by atoms with E-state index in [1.54, 1.807) is 11.3 Å². The van der Waals surface area contributed by atoms with Crippen LogP contribution in [0.25, 0.3) is 0 Å². The number of nitrogens with one attached hydrogen (secondary N) is 1. The molecule has 0 fully saturated rings. The summed E-state index contributed by atoms with van der Waals surface area (Å²) in [5.41, 5.74) is 8.25. The number of thiophene rings is 1. The summed E-state index contributed by atoms with van der Waals surface area (Å²) in [5, 5.41) is 16.9. The second-order valence-electron chi connectivity index (χ2n) is 3.58. The van der Waals surface area contributed by atoms with Crippen LogP contribution in [0.1, 0.15) is 11.7 Å². The lowest BCUT2D eigenvalue weighted by atomic mass is 10.2. The van der Waals surface area contributed by atoms with Crippen LogP contribution in [0.2, 0.25) is 0 Å². The van der Waals surface area contributed by atoms with Crippen molar-refractivity contribution in [1.29, 1.82) is 0 Å². The minimum Gasteiger partial charge on any atom is -0.399 e. The molecule has 2 aromatic rings. The zero-order valence-electron chi connectivity index (χ0n) is 8.76. The smallest absolute Gasteiger partial charge is 0.0970 e. The maximum Gasteiger partial charge on any atom is 0.0970 e. The Labute approximate surface area is 98.5 Å². The molecule has 0 aliphatic carbocycles. The Morgan fingerprint density at radius 1 is 1.38 bits per heavy atom. The Bertz CT molecular complexity index is 442. The fourth-order valence-corrected chi connectivity index (χ4v) is 2.15. The zero-order valence-corrected chi connectivity index (χ0v) is 9.58. The van der Waals surface area contributed by atoms with Crippen molar-refractivity contribution in [3.8, 4) is 0 Å². The van der Waals surface area contributed by atoms with E-state index in [9.17, 15) is 5.11 Å². The van der Waals surface area contributed by atoms with Gasteiger partial charge in [-0.15, -0.1) is 0 Å². The molecule has 0 radical (unpaired) electrons. The summed E-state index contributed by atoms with van der Waals surface area (Å²) in [5.74, 6) is 0. The van der Waals surface area contributed by atoms with Crippen LogP contribution in [0.15, 0.2) is 41.1 Å². The number of nitrogens with two attached hydrogens (primary N) is 1. The number of rotatable bonds is 4. The molecule has 4 N–H and O–H groups in total. The molecule has 0 aliphatic rings. The van der Waals surface area contributed by atoms with Gasteiger partial charge in [-0.3, -0.25) is 0 Å². The molecule has 0 saturated heterocycles. The van der Waals surface area contributed by atoms with E-state index in [2.05, 4.69) is 5.32 Å². The third-order valence-electron chi connectivity index (χ3n) is 2.31. The highest BCUT2D eigenvalue weighted by atomic mass is 32.1. The van der Waals surface area contributed by atoms with Gasteiger partial charge in [-0.1, -0.05) is 6.07 Å². The topological polar surface area (TPSA) is 58.3 Å². The largest absolute Gasteiger partial charge is 0.399 e. The average molecular weight is 234 g/mol. The highest BCUT2D eigenvalue weighted by Crippen LogP contribution is 2.18. The van der Waals surface area contributed by atoms with Crippen LogP contribution in [0.3, 0.4) is 0 Å². The minimum atomic E-state index is -0.479. The highest BCUT2D eigenvalue weighted by molar-refractivity contribution is 7.07. The minimum absolute atomic E-state index is 0.479. The molecule has 1 aromatic carbocycles. The van der Waals surface area contributed by atoms with E-state index in [4.69, 9.17) is 5.73 Å². The van der Waals surface area contributed by atoms with Gasteiger partial charge in [0.2, 0.25) is 0 Å². The third kappa shape index (κ3) is 2.74. The summed E-state index contributed by atoms with van der Waals surface area (Å²) < 4.78 is 0. The van der Waals surface area contributed by atoms with E-state index in [1.165, 1.54) is 0 Å². The molecule has 84 valence electrons. The van der Waals surface area contributed by atoms with E-state index in [-0.39, 0.29) is 0 Å². The van der Waals surface area contributed by atoms with Gasteiger partial charge in [0, 0.05) is 17.9 Å². The number of benzene rings is 1. The highest BCUT2D eigenvalue weighted by Gasteiger charge is 2.06. The second-order valence-corrected chi connectivity index (χ2v) is 4.36. The lowest BCUT2D eigenvalue weighted by Crippen LogP contribution is -2.11. The molecule has 1 unspecified atom stereocenters. The van der Waals surface area contributed by atoms with Gasteiger partial charge in [0.15, 0.2) is 0 Å². The second kappa shape index (κ2) is 5.01. The van der Waals surface area contributed by atoms with Crippen molar-refractivity contribution >= 4 is 22.7 Å². The summed E-state index contributed by atoms with van der Waals surface area (Å²) in [7, 11) is 0. The Morgan fingerprint density at radius 3 is 2.94 bits per heavy atom.